The molecule has 0 unspecified atom stereocenters. The van der Waals surface area contributed by atoms with Gasteiger partial charge in [0.2, 0.25) is 5.91 Å². The van der Waals surface area contributed by atoms with Gasteiger partial charge in [0.05, 0.1) is 6.26 Å². The Labute approximate surface area is 168 Å². The van der Waals surface area contributed by atoms with Crippen LogP contribution >= 0.6 is 11.3 Å². The quantitative estimate of drug-likeness (QED) is 0.636. The van der Waals surface area contributed by atoms with E-state index in [4.69, 9.17) is 4.42 Å². The Morgan fingerprint density at radius 3 is 2.64 bits per heavy atom. The summed E-state index contributed by atoms with van der Waals surface area (Å²) in [5.41, 5.74) is 2.09. The van der Waals surface area contributed by atoms with Crippen LogP contribution in [-0.2, 0) is 4.79 Å². The first-order valence-corrected chi connectivity index (χ1v) is 9.97. The fraction of sp³-hybridized carbons (Fsp3) is 0.286. The van der Waals surface area contributed by atoms with Crippen molar-refractivity contribution in [2.24, 2.45) is 0 Å². The van der Waals surface area contributed by atoms with Crippen LogP contribution in [0.4, 0.5) is 5.69 Å². The average molecular weight is 398 g/mol. The molecule has 6 nitrogen and oxygen atoms in total. The lowest BCUT2D eigenvalue weighted by Gasteiger charge is -2.21. The van der Waals surface area contributed by atoms with Crippen molar-refractivity contribution < 1.29 is 14.0 Å². The number of aromatic nitrogens is 1. The number of rotatable bonds is 7. The molecule has 7 heteroatoms. The number of thiazole rings is 1. The van der Waals surface area contributed by atoms with Crippen LogP contribution < -0.4 is 5.32 Å². The maximum atomic E-state index is 13.1. The molecule has 0 atom stereocenters. The van der Waals surface area contributed by atoms with E-state index in [2.05, 4.69) is 10.3 Å². The van der Waals surface area contributed by atoms with Crippen LogP contribution in [-0.4, -0.2) is 34.8 Å². The number of amides is 2. The van der Waals surface area contributed by atoms with Crippen LogP contribution in [0.15, 0.2) is 47.1 Å². The van der Waals surface area contributed by atoms with Gasteiger partial charge in [0.1, 0.15) is 12.2 Å². The van der Waals surface area contributed by atoms with Gasteiger partial charge >= 0.3 is 0 Å². The molecule has 3 rings (SSSR count). The number of aryl methyl sites for hydroxylation is 2. The van der Waals surface area contributed by atoms with Crippen molar-refractivity contribution in [3.05, 3.63) is 58.8 Å². The largest absolute Gasteiger partial charge is 0.462 e. The molecule has 2 amide bonds. The molecule has 0 aliphatic rings. The predicted molar refractivity (Wildman–Crippen MR) is 111 cm³/mol. The summed E-state index contributed by atoms with van der Waals surface area (Å²) in [6, 6.07) is 11.2. The van der Waals surface area contributed by atoms with Crippen LogP contribution in [0.1, 0.15) is 34.3 Å². The van der Waals surface area contributed by atoms with Gasteiger partial charge in [-0.05, 0) is 44.0 Å². The topological polar surface area (TPSA) is 75.4 Å². The number of carbonyl (C=O) groups is 2. The maximum Gasteiger partial charge on any atom is 0.274 e. The van der Waals surface area contributed by atoms with Crippen molar-refractivity contribution >= 4 is 28.8 Å². The van der Waals surface area contributed by atoms with Crippen LogP contribution in [0, 0.1) is 13.8 Å². The van der Waals surface area contributed by atoms with Gasteiger partial charge in [-0.3, -0.25) is 9.59 Å². The molecule has 146 valence electrons. The molecule has 0 aliphatic carbocycles. The third-order valence-corrected chi connectivity index (χ3v) is 5.25. The highest BCUT2D eigenvalue weighted by Gasteiger charge is 2.24. The lowest BCUT2D eigenvalue weighted by atomic mass is 10.2. The second kappa shape index (κ2) is 8.84. The number of nitrogens with zero attached hydrogens (tertiary/aromatic N) is 2. The zero-order valence-electron chi connectivity index (χ0n) is 16.2. The minimum Gasteiger partial charge on any atom is -0.462 e. The van der Waals surface area contributed by atoms with Gasteiger partial charge < -0.3 is 14.6 Å². The first kappa shape index (κ1) is 19.8. The van der Waals surface area contributed by atoms with Crippen molar-refractivity contribution in [1.82, 2.24) is 9.88 Å². The molecule has 1 N–H and O–H groups in total. The second-order valence-corrected chi connectivity index (χ2v) is 7.69. The van der Waals surface area contributed by atoms with Gasteiger partial charge in [-0.2, -0.15) is 0 Å². The summed E-state index contributed by atoms with van der Waals surface area (Å²) in [5, 5.41) is 3.54. The van der Waals surface area contributed by atoms with E-state index in [9.17, 15) is 9.59 Å². The third kappa shape index (κ3) is 4.48. The summed E-state index contributed by atoms with van der Waals surface area (Å²) in [5.74, 6) is 0.162. The standard InChI is InChI=1S/C21H23N3O3S/c1-4-11-24(13-18(25)22-16-9-6-5-8-14(16)2)21(26)19-15(3)28-20(23-19)17-10-7-12-27-17/h5-10,12H,4,11,13H2,1-3H3,(H,22,25). The first-order valence-electron chi connectivity index (χ1n) is 9.15. The van der Waals surface area contributed by atoms with Crippen LogP contribution in [0.25, 0.3) is 10.8 Å². The molecule has 2 aromatic heterocycles. The predicted octanol–water partition coefficient (Wildman–Crippen LogP) is 4.51. The molecule has 0 saturated heterocycles. The lowest BCUT2D eigenvalue weighted by Crippen LogP contribution is -2.39. The summed E-state index contributed by atoms with van der Waals surface area (Å²) in [7, 11) is 0. The van der Waals surface area contributed by atoms with Crippen LogP contribution in [0.2, 0.25) is 0 Å². The summed E-state index contributed by atoms with van der Waals surface area (Å²) in [4.78, 5) is 32.4. The third-order valence-electron chi connectivity index (χ3n) is 4.27. The van der Waals surface area contributed by atoms with E-state index >= 15 is 0 Å². The number of nitrogens with one attached hydrogen (secondary N) is 1. The number of para-hydroxylation sites is 1. The Hall–Kier alpha value is -2.93. The molecular formula is C21H23N3O3S. The summed E-state index contributed by atoms with van der Waals surface area (Å²) in [6.45, 7) is 6.22. The van der Waals surface area contributed by atoms with E-state index in [0.717, 1.165) is 22.5 Å². The van der Waals surface area contributed by atoms with Crippen molar-refractivity contribution in [2.75, 3.05) is 18.4 Å². The molecule has 1 aromatic carbocycles. The Morgan fingerprint density at radius 2 is 1.96 bits per heavy atom. The molecule has 2 heterocycles. The zero-order chi connectivity index (χ0) is 20.1. The second-order valence-electron chi connectivity index (χ2n) is 6.49. The highest BCUT2D eigenvalue weighted by Crippen LogP contribution is 2.28. The van der Waals surface area contributed by atoms with Crippen molar-refractivity contribution in [3.63, 3.8) is 0 Å². The molecule has 0 spiro atoms. The molecule has 0 fully saturated rings. The van der Waals surface area contributed by atoms with Crippen molar-refractivity contribution in [2.45, 2.75) is 27.2 Å². The van der Waals surface area contributed by atoms with E-state index in [1.54, 1.807) is 17.2 Å². The summed E-state index contributed by atoms with van der Waals surface area (Å²) in [6.07, 6.45) is 2.32. The van der Waals surface area contributed by atoms with Gasteiger partial charge in [0.25, 0.3) is 5.91 Å². The van der Waals surface area contributed by atoms with E-state index in [1.807, 2.05) is 51.1 Å². The van der Waals surface area contributed by atoms with Crippen molar-refractivity contribution in [1.29, 1.82) is 0 Å². The number of hydrogen-bond acceptors (Lipinski definition) is 5. The first-order chi connectivity index (χ1) is 13.5. The Bertz CT molecular complexity index is 963. The summed E-state index contributed by atoms with van der Waals surface area (Å²) >= 11 is 1.41. The molecule has 0 bridgehead atoms. The van der Waals surface area contributed by atoms with Crippen LogP contribution in [0.3, 0.4) is 0 Å². The molecule has 0 radical (unpaired) electrons. The number of carbonyl (C=O) groups excluding carboxylic acids is 2. The van der Waals surface area contributed by atoms with Crippen LogP contribution in [0.5, 0.6) is 0 Å². The Balaban J connectivity index is 1.75. The normalized spacial score (nSPS) is 10.7. The minimum absolute atomic E-state index is 0.0198. The molecule has 3 aromatic rings. The number of benzene rings is 1. The van der Waals surface area contributed by atoms with E-state index in [0.29, 0.717) is 23.0 Å². The fourth-order valence-electron chi connectivity index (χ4n) is 2.85. The Kier molecular flexibility index (Phi) is 6.26. The SMILES string of the molecule is CCCN(CC(=O)Nc1ccccc1C)C(=O)c1nc(-c2ccco2)sc1C. The smallest absolute Gasteiger partial charge is 0.274 e. The summed E-state index contributed by atoms with van der Waals surface area (Å²) < 4.78 is 5.38. The maximum absolute atomic E-state index is 13.1. The average Bonchev–Trinajstić information content (AvgIpc) is 3.32. The van der Waals surface area contributed by atoms with E-state index < -0.39 is 0 Å². The number of hydrogen-bond donors (Lipinski definition) is 1. The Morgan fingerprint density at radius 1 is 1.18 bits per heavy atom. The minimum atomic E-state index is -0.242. The molecule has 28 heavy (non-hydrogen) atoms. The molecular weight excluding hydrogens is 374 g/mol. The van der Waals surface area contributed by atoms with Gasteiger partial charge in [0.15, 0.2) is 10.8 Å². The van der Waals surface area contributed by atoms with Gasteiger partial charge in [0, 0.05) is 17.1 Å². The number of furan rings is 1. The zero-order valence-corrected chi connectivity index (χ0v) is 17.0. The van der Waals surface area contributed by atoms with Gasteiger partial charge in [-0.15, -0.1) is 11.3 Å². The van der Waals surface area contributed by atoms with E-state index in [1.165, 1.54) is 11.3 Å². The lowest BCUT2D eigenvalue weighted by molar-refractivity contribution is -0.116. The van der Waals surface area contributed by atoms with Gasteiger partial charge in [-0.1, -0.05) is 25.1 Å². The molecule has 0 saturated carbocycles. The van der Waals surface area contributed by atoms with Gasteiger partial charge in [-0.25, -0.2) is 4.98 Å². The molecule has 0 aliphatic heterocycles. The highest BCUT2D eigenvalue weighted by atomic mass is 32.1. The fourth-order valence-corrected chi connectivity index (χ4v) is 3.72. The monoisotopic (exact) mass is 397 g/mol. The number of anilines is 1. The van der Waals surface area contributed by atoms with Crippen molar-refractivity contribution in [3.8, 4) is 10.8 Å². The highest BCUT2D eigenvalue weighted by molar-refractivity contribution is 7.15. The van der Waals surface area contributed by atoms with E-state index in [-0.39, 0.29) is 18.4 Å².